The summed E-state index contributed by atoms with van der Waals surface area (Å²) in [5.74, 6) is 0. The van der Waals surface area contributed by atoms with Crippen molar-refractivity contribution in [1.29, 1.82) is 0 Å². The Balaban J connectivity index is 2.53. The molecule has 1 aromatic heterocycles. The molecule has 1 heterocycles. The molecule has 0 aromatic carbocycles. The molecule has 74 valence electrons. The van der Waals surface area contributed by atoms with Crippen LogP contribution >= 0.6 is 33.9 Å². The van der Waals surface area contributed by atoms with Crippen molar-refractivity contribution in [1.82, 2.24) is 9.88 Å². The molecule has 0 fully saturated rings. The van der Waals surface area contributed by atoms with Crippen LogP contribution in [-0.2, 0) is 11.0 Å². The van der Waals surface area contributed by atoms with Crippen LogP contribution in [0.3, 0.4) is 0 Å². The summed E-state index contributed by atoms with van der Waals surface area (Å²) in [4.78, 5) is 6.82. The minimum atomic E-state index is 0.590. The second-order valence-corrected chi connectivity index (χ2v) is 5.08. The van der Waals surface area contributed by atoms with E-state index in [-0.39, 0.29) is 0 Å². The van der Waals surface area contributed by atoms with E-state index in [1.807, 2.05) is 0 Å². The van der Waals surface area contributed by atoms with Crippen LogP contribution in [0.15, 0.2) is 5.38 Å². The van der Waals surface area contributed by atoms with Crippen molar-refractivity contribution in [3.63, 3.8) is 0 Å². The monoisotopic (exact) mass is 310 g/mol. The number of rotatable bonds is 4. The van der Waals surface area contributed by atoms with Gasteiger partial charge in [-0.25, -0.2) is 4.98 Å². The predicted molar refractivity (Wildman–Crippen MR) is 66.4 cm³/mol. The van der Waals surface area contributed by atoms with E-state index < -0.39 is 0 Å². The first-order valence-electron chi connectivity index (χ1n) is 4.33. The van der Waals surface area contributed by atoms with Crippen molar-refractivity contribution in [3.8, 4) is 0 Å². The lowest BCUT2D eigenvalue weighted by atomic mass is 10.3. The molecule has 0 saturated carbocycles. The molecule has 0 aliphatic carbocycles. The topological polar surface area (TPSA) is 16.1 Å². The van der Waals surface area contributed by atoms with Gasteiger partial charge in [-0.15, -0.1) is 11.3 Å². The van der Waals surface area contributed by atoms with Crippen LogP contribution in [-0.4, -0.2) is 23.0 Å². The Hall–Kier alpha value is 0.320. The Bertz CT molecular complexity index is 260. The van der Waals surface area contributed by atoms with E-state index in [1.165, 1.54) is 10.7 Å². The molecule has 13 heavy (non-hydrogen) atoms. The number of alkyl halides is 1. The van der Waals surface area contributed by atoms with Crippen molar-refractivity contribution < 1.29 is 0 Å². The molecule has 0 amide bonds. The van der Waals surface area contributed by atoms with Gasteiger partial charge in [0.1, 0.15) is 5.01 Å². The lowest BCUT2D eigenvalue weighted by Crippen LogP contribution is -2.25. The average molecular weight is 310 g/mol. The highest BCUT2D eigenvalue weighted by atomic mass is 127. The largest absolute Gasteiger partial charge is 0.297 e. The summed E-state index contributed by atoms with van der Waals surface area (Å²) in [5.41, 5.74) is 1.21. The number of nitrogens with zero attached hydrogens (tertiary/aromatic N) is 2. The fourth-order valence-corrected chi connectivity index (χ4v) is 2.42. The molecule has 0 aliphatic heterocycles. The standard InChI is InChI=1S/C9H15IN2S/c1-7(2)12(3)5-9-11-8(4-10)6-13-9/h6-7H,4-5H2,1-3H3. The molecule has 0 bridgehead atoms. The maximum Gasteiger partial charge on any atom is 0.107 e. The molecule has 4 heteroatoms. The molecule has 2 nitrogen and oxygen atoms in total. The lowest BCUT2D eigenvalue weighted by molar-refractivity contribution is 0.265. The van der Waals surface area contributed by atoms with Gasteiger partial charge in [0.05, 0.1) is 12.2 Å². The first-order chi connectivity index (χ1) is 6.13. The third-order valence-corrected chi connectivity index (χ3v) is 3.67. The molecule has 0 unspecified atom stereocenters. The summed E-state index contributed by atoms with van der Waals surface area (Å²) in [5, 5.41) is 3.37. The van der Waals surface area contributed by atoms with Gasteiger partial charge in [-0.1, -0.05) is 22.6 Å². The van der Waals surface area contributed by atoms with Crippen LogP contribution < -0.4 is 0 Å². The van der Waals surface area contributed by atoms with Gasteiger partial charge in [0.25, 0.3) is 0 Å². The van der Waals surface area contributed by atoms with Crippen LogP contribution in [0.1, 0.15) is 24.5 Å². The van der Waals surface area contributed by atoms with Crippen molar-refractivity contribution >= 4 is 33.9 Å². The van der Waals surface area contributed by atoms with Crippen LogP contribution in [0.25, 0.3) is 0 Å². The lowest BCUT2D eigenvalue weighted by Gasteiger charge is -2.19. The Morgan fingerprint density at radius 1 is 1.62 bits per heavy atom. The highest BCUT2D eigenvalue weighted by molar-refractivity contribution is 14.1. The maximum atomic E-state index is 4.52. The quantitative estimate of drug-likeness (QED) is 0.628. The Morgan fingerprint density at radius 3 is 2.77 bits per heavy atom. The zero-order valence-corrected chi connectivity index (χ0v) is 11.2. The summed E-state index contributed by atoms with van der Waals surface area (Å²) in [6, 6.07) is 0.590. The van der Waals surface area contributed by atoms with Gasteiger partial charge in [0, 0.05) is 15.8 Å². The van der Waals surface area contributed by atoms with Crippen molar-refractivity contribution in [2.75, 3.05) is 7.05 Å². The molecule has 0 spiro atoms. The molecule has 0 saturated heterocycles. The van der Waals surface area contributed by atoms with E-state index in [0.29, 0.717) is 6.04 Å². The summed E-state index contributed by atoms with van der Waals surface area (Å²) in [6.07, 6.45) is 0. The SMILES string of the molecule is CC(C)N(C)Cc1nc(CI)cs1. The van der Waals surface area contributed by atoms with Gasteiger partial charge < -0.3 is 0 Å². The first-order valence-corrected chi connectivity index (χ1v) is 6.73. The minimum Gasteiger partial charge on any atom is -0.297 e. The number of hydrogen-bond donors (Lipinski definition) is 0. The van der Waals surface area contributed by atoms with Gasteiger partial charge in [-0.3, -0.25) is 4.90 Å². The minimum absolute atomic E-state index is 0.590. The van der Waals surface area contributed by atoms with Crippen LogP contribution in [0.2, 0.25) is 0 Å². The summed E-state index contributed by atoms with van der Waals surface area (Å²) < 4.78 is 1.01. The Kier molecular flexibility index (Phi) is 4.61. The summed E-state index contributed by atoms with van der Waals surface area (Å²) >= 11 is 4.11. The zero-order valence-electron chi connectivity index (χ0n) is 8.25. The molecule has 0 atom stereocenters. The summed E-state index contributed by atoms with van der Waals surface area (Å²) in [7, 11) is 2.13. The molecule has 0 radical (unpaired) electrons. The zero-order chi connectivity index (χ0) is 9.84. The van der Waals surface area contributed by atoms with Gasteiger partial charge in [0.15, 0.2) is 0 Å². The van der Waals surface area contributed by atoms with E-state index in [4.69, 9.17) is 0 Å². The molecular weight excluding hydrogens is 295 g/mol. The average Bonchev–Trinajstić information content (AvgIpc) is 2.52. The maximum absolute atomic E-state index is 4.52. The highest BCUT2D eigenvalue weighted by Gasteiger charge is 2.07. The van der Waals surface area contributed by atoms with Gasteiger partial charge in [0.2, 0.25) is 0 Å². The summed E-state index contributed by atoms with van der Waals surface area (Å²) in [6.45, 7) is 5.37. The van der Waals surface area contributed by atoms with E-state index in [2.05, 4.69) is 58.7 Å². The normalized spacial score (nSPS) is 11.5. The van der Waals surface area contributed by atoms with E-state index in [1.54, 1.807) is 11.3 Å². The third-order valence-electron chi connectivity index (χ3n) is 2.00. The van der Waals surface area contributed by atoms with Crippen molar-refractivity contribution in [3.05, 3.63) is 16.1 Å². The molecule has 0 N–H and O–H groups in total. The van der Waals surface area contributed by atoms with Gasteiger partial charge in [-0.2, -0.15) is 0 Å². The Morgan fingerprint density at radius 2 is 2.31 bits per heavy atom. The van der Waals surface area contributed by atoms with E-state index in [0.717, 1.165) is 11.0 Å². The number of thiazole rings is 1. The van der Waals surface area contributed by atoms with Crippen LogP contribution in [0.5, 0.6) is 0 Å². The number of halogens is 1. The van der Waals surface area contributed by atoms with Crippen LogP contribution in [0, 0.1) is 0 Å². The van der Waals surface area contributed by atoms with Crippen LogP contribution in [0.4, 0.5) is 0 Å². The predicted octanol–water partition coefficient (Wildman–Crippen LogP) is 2.92. The van der Waals surface area contributed by atoms with E-state index in [9.17, 15) is 0 Å². The number of aromatic nitrogens is 1. The highest BCUT2D eigenvalue weighted by Crippen LogP contribution is 2.14. The fourth-order valence-electron chi connectivity index (χ4n) is 0.879. The smallest absolute Gasteiger partial charge is 0.107 e. The van der Waals surface area contributed by atoms with Crippen molar-refractivity contribution in [2.24, 2.45) is 0 Å². The molecule has 0 aliphatic rings. The van der Waals surface area contributed by atoms with Gasteiger partial charge in [-0.05, 0) is 20.9 Å². The fraction of sp³-hybridized carbons (Fsp3) is 0.667. The second-order valence-electron chi connectivity index (χ2n) is 3.38. The molecular formula is C9H15IN2S. The first kappa shape index (κ1) is 11.4. The van der Waals surface area contributed by atoms with Gasteiger partial charge >= 0.3 is 0 Å². The third kappa shape index (κ3) is 3.52. The number of hydrogen-bond acceptors (Lipinski definition) is 3. The molecule has 1 aromatic rings. The second kappa shape index (κ2) is 5.26. The molecule has 1 rings (SSSR count). The van der Waals surface area contributed by atoms with Crippen molar-refractivity contribution in [2.45, 2.75) is 30.9 Å². The Labute approximate surface area is 97.5 Å². The van der Waals surface area contributed by atoms with E-state index >= 15 is 0 Å².